The number of nitrogens with zero attached hydrogens (tertiary/aromatic N) is 4. The summed E-state index contributed by atoms with van der Waals surface area (Å²) in [5, 5.41) is 9.80. The number of aromatic nitrogens is 4. The summed E-state index contributed by atoms with van der Waals surface area (Å²) >= 11 is 7.83. The minimum Gasteiger partial charge on any atom is -0.474 e. The highest BCUT2D eigenvalue weighted by Crippen LogP contribution is 2.35. The monoisotopic (exact) mass is 414 g/mol. The Morgan fingerprint density at radius 3 is 2.54 bits per heavy atom. The van der Waals surface area contributed by atoms with E-state index in [0.717, 1.165) is 53.8 Å². The molecule has 0 N–H and O–H groups in total. The number of ether oxygens (including phenoxy) is 1. The van der Waals surface area contributed by atoms with Gasteiger partial charge in [0.25, 0.3) is 0 Å². The van der Waals surface area contributed by atoms with Crippen molar-refractivity contribution in [2.24, 2.45) is 0 Å². The maximum Gasteiger partial charge on any atom is 0.213 e. The Labute approximate surface area is 174 Å². The Morgan fingerprint density at radius 2 is 1.86 bits per heavy atom. The van der Waals surface area contributed by atoms with Crippen molar-refractivity contribution in [2.75, 3.05) is 6.26 Å². The van der Waals surface area contributed by atoms with Crippen molar-refractivity contribution in [3.63, 3.8) is 0 Å². The molecule has 28 heavy (non-hydrogen) atoms. The molecule has 1 saturated carbocycles. The lowest BCUT2D eigenvalue weighted by Gasteiger charge is -2.28. The molecule has 0 spiro atoms. The maximum atomic E-state index is 6.08. The second kappa shape index (κ2) is 8.97. The molecule has 0 amide bonds. The Kier molecular flexibility index (Phi) is 6.17. The van der Waals surface area contributed by atoms with Crippen LogP contribution >= 0.6 is 23.4 Å². The summed E-state index contributed by atoms with van der Waals surface area (Å²) in [6.07, 6.45) is 8.11. The first-order valence-corrected chi connectivity index (χ1v) is 11.3. The standard InChI is InChI=1S/C21H23ClN4OS/c1-28-14-19-24-25-21(26(19)17-9-7-16(22)8-10-17)15-5-11-18(12-6-15)27-20-4-2-3-13-23-20/h2-4,7-10,13,15,18H,5-6,11-12,14H2,1H3/t15-,18-. The predicted octanol–water partition coefficient (Wildman–Crippen LogP) is 5.28. The highest BCUT2D eigenvalue weighted by Gasteiger charge is 2.28. The summed E-state index contributed by atoms with van der Waals surface area (Å²) < 4.78 is 8.25. The van der Waals surface area contributed by atoms with Gasteiger partial charge in [-0.3, -0.25) is 4.57 Å². The molecular formula is C21H23ClN4OS. The van der Waals surface area contributed by atoms with Gasteiger partial charge in [-0.1, -0.05) is 17.7 Å². The van der Waals surface area contributed by atoms with E-state index in [-0.39, 0.29) is 6.10 Å². The van der Waals surface area contributed by atoms with Gasteiger partial charge in [-0.25, -0.2) is 4.98 Å². The van der Waals surface area contributed by atoms with Gasteiger partial charge in [0, 0.05) is 28.9 Å². The third-order valence-corrected chi connectivity index (χ3v) is 5.88. The first-order chi connectivity index (χ1) is 13.7. The molecule has 2 aromatic heterocycles. The van der Waals surface area contributed by atoms with Crippen molar-refractivity contribution in [3.05, 3.63) is 65.3 Å². The van der Waals surface area contributed by atoms with Crippen LogP contribution in [0.25, 0.3) is 5.69 Å². The van der Waals surface area contributed by atoms with Crippen LogP contribution < -0.4 is 4.74 Å². The first kappa shape index (κ1) is 19.3. The lowest BCUT2D eigenvalue weighted by Crippen LogP contribution is -2.25. The summed E-state index contributed by atoms with van der Waals surface area (Å²) in [7, 11) is 0. The van der Waals surface area contributed by atoms with Crippen molar-refractivity contribution < 1.29 is 4.74 Å². The number of halogens is 1. The molecular weight excluding hydrogens is 392 g/mol. The Morgan fingerprint density at radius 1 is 1.07 bits per heavy atom. The average Bonchev–Trinajstić information content (AvgIpc) is 3.14. The van der Waals surface area contributed by atoms with Crippen LogP contribution in [0.5, 0.6) is 5.88 Å². The fourth-order valence-corrected chi connectivity index (χ4v) is 4.29. The number of rotatable bonds is 6. The van der Waals surface area contributed by atoms with Crippen LogP contribution in [0.15, 0.2) is 48.7 Å². The highest BCUT2D eigenvalue weighted by atomic mass is 35.5. The van der Waals surface area contributed by atoms with Gasteiger partial charge < -0.3 is 4.74 Å². The zero-order valence-corrected chi connectivity index (χ0v) is 17.4. The largest absolute Gasteiger partial charge is 0.474 e. The minimum absolute atomic E-state index is 0.212. The van der Waals surface area contributed by atoms with Crippen molar-refractivity contribution in [3.8, 4) is 11.6 Å². The quantitative estimate of drug-likeness (QED) is 0.549. The minimum atomic E-state index is 0.212. The van der Waals surface area contributed by atoms with E-state index in [2.05, 4.69) is 26.0 Å². The summed E-state index contributed by atoms with van der Waals surface area (Å²) in [6.45, 7) is 0. The molecule has 4 rings (SSSR count). The van der Waals surface area contributed by atoms with Gasteiger partial charge in [0.2, 0.25) is 5.88 Å². The summed E-state index contributed by atoms with van der Waals surface area (Å²) in [6, 6.07) is 13.7. The molecule has 0 radical (unpaired) electrons. The zero-order valence-electron chi connectivity index (χ0n) is 15.8. The van der Waals surface area contributed by atoms with E-state index in [1.54, 1.807) is 18.0 Å². The van der Waals surface area contributed by atoms with E-state index in [0.29, 0.717) is 11.8 Å². The van der Waals surface area contributed by atoms with Crippen LogP contribution in [0.2, 0.25) is 5.02 Å². The van der Waals surface area contributed by atoms with Crippen LogP contribution in [0, 0.1) is 0 Å². The van der Waals surface area contributed by atoms with Gasteiger partial charge >= 0.3 is 0 Å². The lowest BCUT2D eigenvalue weighted by molar-refractivity contribution is 0.139. The van der Waals surface area contributed by atoms with Crippen molar-refractivity contribution in [2.45, 2.75) is 43.5 Å². The SMILES string of the molecule is CSCc1nnc([C@H]2CC[C@H](Oc3ccccn3)CC2)n1-c1ccc(Cl)cc1. The smallest absolute Gasteiger partial charge is 0.213 e. The van der Waals surface area contributed by atoms with E-state index in [4.69, 9.17) is 16.3 Å². The average molecular weight is 415 g/mol. The molecule has 146 valence electrons. The van der Waals surface area contributed by atoms with Crippen LogP contribution in [0.4, 0.5) is 0 Å². The summed E-state index contributed by atoms with van der Waals surface area (Å²) in [4.78, 5) is 4.27. The molecule has 3 aromatic rings. The van der Waals surface area contributed by atoms with Crippen molar-refractivity contribution in [1.82, 2.24) is 19.7 Å². The fourth-order valence-electron chi connectivity index (χ4n) is 3.72. The molecule has 0 unspecified atom stereocenters. The number of hydrogen-bond acceptors (Lipinski definition) is 5. The first-order valence-electron chi connectivity index (χ1n) is 9.51. The van der Waals surface area contributed by atoms with Gasteiger partial charge in [0.05, 0.1) is 5.75 Å². The summed E-state index contributed by atoms with van der Waals surface area (Å²) in [5.41, 5.74) is 1.07. The second-order valence-electron chi connectivity index (χ2n) is 6.98. The molecule has 0 saturated heterocycles. The van der Waals surface area contributed by atoms with E-state index < -0.39 is 0 Å². The molecule has 0 aliphatic heterocycles. The molecule has 0 atom stereocenters. The Balaban J connectivity index is 1.51. The lowest BCUT2D eigenvalue weighted by atomic mass is 9.86. The molecule has 2 heterocycles. The van der Waals surface area contributed by atoms with Crippen LogP contribution in [-0.2, 0) is 5.75 Å². The zero-order chi connectivity index (χ0) is 19.3. The number of hydrogen-bond donors (Lipinski definition) is 0. The Hall–Kier alpha value is -2.05. The molecule has 1 aliphatic carbocycles. The fraction of sp³-hybridized carbons (Fsp3) is 0.381. The van der Waals surface area contributed by atoms with E-state index in [1.807, 2.05) is 42.5 Å². The molecule has 0 bridgehead atoms. The van der Waals surface area contributed by atoms with E-state index in [9.17, 15) is 0 Å². The second-order valence-corrected chi connectivity index (χ2v) is 8.28. The van der Waals surface area contributed by atoms with Crippen LogP contribution in [-0.4, -0.2) is 32.1 Å². The molecule has 1 aromatic carbocycles. The highest BCUT2D eigenvalue weighted by molar-refractivity contribution is 7.97. The van der Waals surface area contributed by atoms with Gasteiger partial charge in [0.1, 0.15) is 17.8 Å². The number of benzene rings is 1. The van der Waals surface area contributed by atoms with Crippen molar-refractivity contribution in [1.29, 1.82) is 0 Å². The molecule has 1 aliphatic rings. The van der Waals surface area contributed by atoms with Gasteiger partial charge in [-0.2, -0.15) is 11.8 Å². The van der Waals surface area contributed by atoms with Gasteiger partial charge in [0.15, 0.2) is 0 Å². The third-order valence-electron chi connectivity index (χ3n) is 5.08. The summed E-state index contributed by atoms with van der Waals surface area (Å²) in [5.74, 6) is 3.94. The van der Waals surface area contributed by atoms with Crippen LogP contribution in [0.1, 0.15) is 43.3 Å². The predicted molar refractivity (Wildman–Crippen MR) is 113 cm³/mol. The number of pyridine rings is 1. The van der Waals surface area contributed by atoms with Crippen LogP contribution in [0.3, 0.4) is 0 Å². The topological polar surface area (TPSA) is 52.8 Å². The molecule has 1 fully saturated rings. The van der Waals surface area contributed by atoms with Gasteiger partial charge in [-0.05, 0) is 62.3 Å². The normalized spacial score (nSPS) is 19.5. The number of thioether (sulfide) groups is 1. The Bertz CT molecular complexity index is 893. The van der Waals surface area contributed by atoms with Crippen molar-refractivity contribution >= 4 is 23.4 Å². The maximum absolute atomic E-state index is 6.08. The van der Waals surface area contributed by atoms with E-state index >= 15 is 0 Å². The van der Waals surface area contributed by atoms with E-state index in [1.165, 1.54) is 0 Å². The molecule has 7 heteroatoms. The molecule has 5 nitrogen and oxygen atoms in total. The third kappa shape index (κ3) is 4.33. The van der Waals surface area contributed by atoms with Gasteiger partial charge in [-0.15, -0.1) is 10.2 Å².